The predicted molar refractivity (Wildman–Crippen MR) is 122 cm³/mol. The van der Waals surface area contributed by atoms with E-state index in [1.807, 2.05) is 13.8 Å². The van der Waals surface area contributed by atoms with Crippen LogP contribution in [0.2, 0.25) is 0 Å². The van der Waals surface area contributed by atoms with Gasteiger partial charge in [-0.1, -0.05) is 26.0 Å². The first kappa shape index (κ1) is 22.9. The maximum Gasteiger partial charge on any atom is 0.278 e. The highest BCUT2D eigenvalue weighted by Crippen LogP contribution is 2.34. The summed E-state index contributed by atoms with van der Waals surface area (Å²) in [5.41, 5.74) is 2.23. The molecule has 0 radical (unpaired) electrons. The monoisotopic (exact) mass is 437 g/mol. The van der Waals surface area contributed by atoms with Crippen molar-refractivity contribution in [3.63, 3.8) is 0 Å². The van der Waals surface area contributed by atoms with E-state index in [-0.39, 0.29) is 34.9 Å². The molecule has 0 aromatic heterocycles. The van der Waals surface area contributed by atoms with Gasteiger partial charge in [-0.2, -0.15) is 0 Å². The summed E-state index contributed by atoms with van der Waals surface area (Å²) >= 11 is 0. The molecule has 8 heteroatoms. The van der Waals surface area contributed by atoms with Crippen molar-refractivity contribution in [3.8, 4) is 11.5 Å². The summed E-state index contributed by atoms with van der Waals surface area (Å²) < 4.78 is 10.6. The van der Waals surface area contributed by atoms with Crippen LogP contribution in [0.3, 0.4) is 0 Å². The minimum absolute atomic E-state index is 0.117. The van der Waals surface area contributed by atoms with Gasteiger partial charge in [0.15, 0.2) is 11.5 Å². The number of methoxy groups -OCH3 is 2. The summed E-state index contributed by atoms with van der Waals surface area (Å²) in [5, 5.41) is 5.80. The number of carbonyl (C=O) groups excluding carboxylic acids is 3. The zero-order valence-electron chi connectivity index (χ0n) is 18.8. The number of nitrogens with one attached hydrogen (secondary N) is 2. The van der Waals surface area contributed by atoms with Crippen molar-refractivity contribution in [1.29, 1.82) is 0 Å². The molecule has 0 spiro atoms. The highest BCUT2D eigenvalue weighted by Gasteiger charge is 2.39. The summed E-state index contributed by atoms with van der Waals surface area (Å²) in [6.45, 7) is 5.62. The number of nitrogens with zero attached hydrogens (tertiary/aromatic N) is 1. The van der Waals surface area contributed by atoms with Crippen LogP contribution in [-0.2, 0) is 14.4 Å². The quantitative estimate of drug-likeness (QED) is 0.614. The Labute approximate surface area is 187 Å². The highest BCUT2D eigenvalue weighted by molar-refractivity contribution is 6.36. The first-order valence-electron chi connectivity index (χ1n) is 10.2. The van der Waals surface area contributed by atoms with Crippen LogP contribution in [0, 0.1) is 5.92 Å². The number of ether oxygens (including phenoxy) is 2. The molecule has 2 aromatic rings. The molecule has 2 aromatic carbocycles. The Morgan fingerprint density at radius 3 is 2.12 bits per heavy atom. The molecule has 2 N–H and O–H groups in total. The Balaban J connectivity index is 2.03. The fraction of sp³-hybridized carbons (Fsp3) is 0.292. The van der Waals surface area contributed by atoms with E-state index >= 15 is 0 Å². The summed E-state index contributed by atoms with van der Waals surface area (Å²) in [5.74, 6) is 0.222. The van der Waals surface area contributed by atoms with Gasteiger partial charge in [-0.15, -0.1) is 0 Å². The Morgan fingerprint density at radius 2 is 1.56 bits per heavy atom. The molecule has 0 unspecified atom stereocenters. The Bertz CT molecular complexity index is 1070. The Kier molecular flexibility index (Phi) is 6.82. The topological polar surface area (TPSA) is 97.0 Å². The largest absolute Gasteiger partial charge is 0.493 e. The summed E-state index contributed by atoms with van der Waals surface area (Å²) in [6.07, 6.45) is 0. The molecule has 0 atom stereocenters. The van der Waals surface area contributed by atoms with Crippen molar-refractivity contribution in [2.75, 3.05) is 31.4 Å². The van der Waals surface area contributed by atoms with Gasteiger partial charge < -0.3 is 20.1 Å². The lowest BCUT2D eigenvalue weighted by Crippen LogP contribution is -2.35. The minimum atomic E-state index is -0.389. The van der Waals surface area contributed by atoms with Gasteiger partial charge in [0.05, 0.1) is 19.8 Å². The molecule has 3 rings (SSSR count). The molecule has 0 bridgehead atoms. The zero-order chi connectivity index (χ0) is 23.4. The first-order chi connectivity index (χ1) is 15.2. The van der Waals surface area contributed by atoms with E-state index in [4.69, 9.17) is 9.47 Å². The van der Waals surface area contributed by atoms with Crippen molar-refractivity contribution in [1.82, 2.24) is 4.90 Å². The van der Waals surface area contributed by atoms with Crippen LogP contribution < -0.4 is 20.1 Å². The molecular formula is C24H27N3O5. The molecule has 1 aliphatic rings. The second-order valence-corrected chi connectivity index (χ2v) is 7.82. The number of amides is 3. The van der Waals surface area contributed by atoms with Crippen LogP contribution in [0.1, 0.15) is 26.3 Å². The molecule has 1 heterocycles. The molecule has 0 saturated carbocycles. The summed E-state index contributed by atoms with van der Waals surface area (Å²) in [4.78, 5) is 39.0. The van der Waals surface area contributed by atoms with Gasteiger partial charge in [0.1, 0.15) is 5.70 Å². The maximum absolute atomic E-state index is 13.2. The number of hydrogen-bond acceptors (Lipinski definition) is 6. The van der Waals surface area contributed by atoms with Crippen LogP contribution in [0.4, 0.5) is 11.4 Å². The number of carbonyl (C=O) groups is 3. The van der Waals surface area contributed by atoms with E-state index < -0.39 is 0 Å². The third-order valence-electron chi connectivity index (χ3n) is 4.86. The van der Waals surface area contributed by atoms with Gasteiger partial charge in [-0.25, -0.2) is 0 Å². The van der Waals surface area contributed by atoms with Gasteiger partial charge in [-0.05, 0) is 35.7 Å². The second-order valence-electron chi connectivity index (χ2n) is 7.82. The van der Waals surface area contributed by atoms with Crippen LogP contribution in [-0.4, -0.2) is 43.4 Å². The second kappa shape index (κ2) is 9.55. The molecule has 0 saturated heterocycles. The maximum atomic E-state index is 13.2. The van der Waals surface area contributed by atoms with Crippen LogP contribution in [0.25, 0.3) is 5.57 Å². The lowest BCUT2D eigenvalue weighted by Gasteiger charge is -2.17. The van der Waals surface area contributed by atoms with E-state index in [1.165, 1.54) is 18.9 Å². The van der Waals surface area contributed by atoms with E-state index in [9.17, 15) is 14.4 Å². The van der Waals surface area contributed by atoms with Crippen molar-refractivity contribution in [2.45, 2.75) is 20.8 Å². The van der Waals surface area contributed by atoms with Gasteiger partial charge in [-0.3, -0.25) is 19.3 Å². The lowest BCUT2D eigenvalue weighted by molar-refractivity contribution is -0.137. The predicted octanol–water partition coefficient (Wildman–Crippen LogP) is 3.51. The summed E-state index contributed by atoms with van der Waals surface area (Å²) in [7, 11) is 3.07. The normalized spacial score (nSPS) is 13.6. The van der Waals surface area contributed by atoms with E-state index in [2.05, 4.69) is 10.6 Å². The van der Waals surface area contributed by atoms with Gasteiger partial charge in [0, 0.05) is 30.9 Å². The molecule has 3 amide bonds. The number of benzene rings is 2. The van der Waals surface area contributed by atoms with Gasteiger partial charge in [0.25, 0.3) is 11.8 Å². The molecular weight excluding hydrogens is 410 g/mol. The third-order valence-corrected chi connectivity index (χ3v) is 4.86. The van der Waals surface area contributed by atoms with Crippen molar-refractivity contribution >= 4 is 34.7 Å². The van der Waals surface area contributed by atoms with Crippen LogP contribution in [0.5, 0.6) is 11.5 Å². The van der Waals surface area contributed by atoms with E-state index in [1.54, 1.807) is 49.6 Å². The highest BCUT2D eigenvalue weighted by atomic mass is 16.5. The number of hydrogen-bond donors (Lipinski definition) is 2. The minimum Gasteiger partial charge on any atom is -0.493 e. The molecule has 32 heavy (non-hydrogen) atoms. The van der Waals surface area contributed by atoms with E-state index in [0.29, 0.717) is 35.0 Å². The van der Waals surface area contributed by atoms with E-state index in [0.717, 1.165) is 0 Å². The summed E-state index contributed by atoms with van der Waals surface area (Å²) in [6, 6.07) is 12.0. The molecule has 0 aliphatic carbocycles. The smallest absolute Gasteiger partial charge is 0.278 e. The Hall–Kier alpha value is -3.81. The molecule has 1 aliphatic heterocycles. The fourth-order valence-electron chi connectivity index (χ4n) is 3.47. The average molecular weight is 437 g/mol. The zero-order valence-corrected chi connectivity index (χ0v) is 18.8. The standard InChI is InChI=1S/C24H27N3O5/c1-14(2)13-27-23(29)21(16-6-8-17(9-7-16)25-15(3)28)22(24(27)30)26-18-10-11-19(31-4)20(12-18)32-5/h6-12,14,26H,13H2,1-5H3,(H,25,28). The van der Waals surface area contributed by atoms with Crippen molar-refractivity contribution in [3.05, 3.63) is 53.7 Å². The molecule has 168 valence electrons. The molecule has 8 nitrogen and oxygen atoms in total. The molecule has 0 fully saturated rings. The number of imide groups is 1. The first-order valence-corrected chi connectivity index (χ1v) is 10.2. The average Bonchev–Trinajstić information content (AvgIpc) is 2.97. The number of rotatable bonds is 8. The SMILES string of the molecule is COc1ccc(NC2=C(c3ccc(NC(C)=O)cc3)C(=O)N(CC(C)C)C2=O)cc1OC. The van der Waals surface area contributed by atoms with Crippen molar-refractivity contribution < 1.29 is 23.9 Å². The number of anilines is 2. The Morgan fingerprint density at radius 1 is 0.938 bits per heavy atom. The van der Waals surface area contributed by atoms with Crippen molar-refractivity contribution in [2.24, 2.45) is 5.92 Å². The fourth-order valence-corrected chi connectivity index (χ4v) is 3.47. The third kappa shape index (κ3) is 4.74. The van der Waals surface area contributed by atoms with Crippen LogP contribution in [0.15, 0.2) is 48.2 Å². The van der Waals surface area contributed by atoms with Gasteiger partial charge >= 0.3 is 0 Å². The van der Waals surface area contributed by atoms with Crippen LogP contribution >= 0.6 is 0 Å². The van der Waals surface area contributed by atoms with Gasteiger partial charge in [0.2, 0.25) is 5.91 Å². The lowest BCUT2D eigenvalue weighted by atomic mass is 10.0.